The summed E-state index contributed by atoms with van der Waals surface area (Å²) in [5.74, 6) is 1.15. The standard InChI is InChI=1S/C22H24N2O5S/c1-3-29-17-9-7-16(8-10-17)24-21(26)14-19(22(24)27)30-12-11-20(25)23-15-5-4-6-18(13-15)28-2/h4-10,13,19H,3,11-12,14H2,1-2H3,(H,23,25)/t19-/m1/s1. The Labute approximate surface area is 179 Å². The van der Waals surface area contributed by atoms with Gasteiger partial charge in [0.05, 0.1) is 24.7 Å². The van der Waals surface area contributed by atoms with Crippen LogP contribution in [0.15, 0.2) is 48.5 Å². The summed E-state index contributed by atoms with van der Waals surface area (Å²) in [4.78, 5) is 38.5. The first kappa shape index (κ1) is 21.7. The zero-order valence-corrected chi connectivity index (χ0v) is 17.7. The van der Waals surface area contributed by atoms with E-state index in [9.17, 15) is 14.4 Å². The van der Waals surface area contributed by atoms with Crippen LogP contribution in [0.1, 0.15) is 19.8 Å². The maximum Gasteiger partial charge on any atom is 0.247 e. The molecule has 30 heavy (non-hydrogen) atoms. The number of imide groups is 1. The highest BCUT2D eigenvalue weighted by Gasteiger charge is 2.39. The molecule has 2 aromatic rings. The van der Waals surface area contributed by atoms with Crippen LogP contribution >= 0.6 is 11.8 Å². The second-order valence-electron chi connectivity index (χ2n) is 6.59. The topological polar surface area (TPSA) is 84.9 Å². The molecule has 0 aromatic heterocycles. The number of thioether (sulfide) groups is 1. The summed E-state index contributed by atoms with van der Waals surface area (Å²) in [6, 6.07) is 14.0. The molecule has 1 saturated heterocycles. The molecular weight excluding hydrogens is 404 g/mol. The van der Waals surface area contributed by atoms with Crippen LogP contribution in [0.25, 0.3) is 0 Å². The Bertz CT molecular complexity index is 916. The second kappa shape index (κ2) is 10.2. The van der Waals surface area contributed by atoms with E-state index < -0.39 is 5.25 Å². The number of hydrogen-bond acceptors (Lipinski definition) is 6. The van der Waals surface area contributed by atoms with Gasteiger partial charge in [-0.15, -0.1) is 11.8 Å². The number of carbonyl (C=O) groups is 3. The Balaban J connectivity index is 1.50. The Hall–Kier alpha value is -3.00. The van der Waals surface area contributed by atoms with Gasteiger partial charge in [-0.3, -0.25) is 14.4 Å². The largest absolute Gasteiger partial charge is 0.497 e. The van der Waals surface area contributed by atoms with Gasteiger partial charge in [0.2, 0.25) is 17.7 Å². The van der Waals surface area contributed by atoms with Crippen LogP contribution in [-0.4, -0.2) is 42.4 Å². The molecular formula is C22H24N2O5S. The maximum absolute atomic E-state index is 12.7. The summed E-state index contributed by atoms with van der Waals surface area (Å²) in [5.41, 5.74) is 1.19. The third-order valence-corrected chi connectivity index (χ3v) is 5.72. The third-order valence-electron chi connectivity index (χ3n) is 4.51. The number of hydrogen-bond donors (Lipinski definition) is 1. The number of amides is 3. The van der Waals surface area contributed by atoms with Gasteiger partial charge < -0.3 is 14.8 Å². The molecule has 1 fully saturated rings. The van der Waals surface area contributed by atoms with Crippen molar-refractivity contribution in [2.75, 3.05) is 29.7 Å². The molecule has 0 aliphatic carbocycles. The molecule has 0 radical (unpaired) electrons. The number of rotatable bonds is 9. The summed E-state index contributed by atoms with van der Waals surface area (Å²) in [5, 5.41) is 2.33. The van der Waals surface area contributed by atoms with E-state index in [2.05, 4.69) is 5.32 Å². The Morgan fingerprint density at radius 3 is 2.63 bits per heavy atom. The summed E-state index contributed by atoms with van der Waals surface area (Å²) >= 11 is 1.33. The number of nitrogens with zero attached hydrogens (tertiary/aromatic N) is 1. The molecule has 0 unspecified atom stereocenters. The molecule has 0 bridgehead atoms. The van der Waals surface area contributed by atoms with Crippen LogP contribution in [-0.2, 0) is 14.4 Å². The fourth-order valence-electron chi connectivity index (χ4n) is 3.08. The van der Waals surface area contributed by atoms with Crippen LogP contribution < -0.4 is 19.7 Å². The van der Waals surface area contributed by atoms with Crippen LogP contribution in [0, 0.1) is 0 Å². The number of benzene rings is 2. The van der Waals surface area contributed by atoms with Crippen LogP contribution in [0.3, 0.4) is 0 Å². The minimum Gasteiger partial charge on any atom is -0.497 e. The van der Waals surface area contributed by atoms with E-state index in [1.807, 2.05) is 6.92 Å². The maximum atomic E-state index is 12.7. The van der Waals surface area contributed by atoms with E-state index in [0.717, 1.165) is 0 Å². The first-order valence-electron chi connectivity index (χ1n) is 9.67. The lowest BCUT2D eigenvalue weighted by molar-refractivity contribution is -0.121. The molecule has 0 saturated carbocycles. The number of ether oxygens (including phenoxy) is 2. The van der Waals surface area contributed by atoms with Crippen molar-refractivity contribution in [3.05, 3.63) is 48.5 Å². The molecule has 3 rings (SSSR count). The molecule has 1 atom stereocenters. The Morgan fingerprint density at radius 1 is 1.17 bits per heavy atom. The molecule has 1 aliphatic heterocycles. The summed E-state index contributed by atoms with van der Waals surface area (Å²) in [7, 11) is 1.56. The average molecular weight is 429 g/mol. The van der Waals surface area contributed by atoms with Gasteiger partial charge >= 0.3 is 0 Å². The van der Waals surface area contributed by atoms with Gasteiger partial charge in [0.25, 0.3) is 0 Å². The van der Waals surface area contributed by atoms with E-state index >= 15 is 0 Å². The number of anilines is 2. The lowest BCUT2D eigenvalue weighted by atomic mass is 10.3. The molecule has 0 spiro atoms. The van der Waals surface area contributed by atoms with Crippen molar-refractivity contribution < 1.29 is 23.9 Å². The molecule has 3 amide bonds. The van der Waals surface area contributed by atoms with Gasteiger partial charge in [-0.1, -0.05) is 6.07 Å². The summed E-state index contributed by atoms with van der Waals surface area (Å²) in [6.45, 7) is 2.44. The first-order valence-corrected chi connectivity index (χ1v) is 10.7. The Morgan fingerprint density at radius 2 is 1.93 bits per heavy atom. The van der Waals surface area contributed by atoms with Gasteiger partial charge in [-0.05, 0) is 43.3 Å². The predicted molar refractivity (Wildman–Crippen MR) is 117 cm³/mol. The highest BCUT2D eigenvalue weighted by Crippen LogP contribution is 2.31. The fraction of sp³-hybridized carbons (Fsp3) is 0.318. The van der Waals surface area contributed by atoms with Crippen molar-refractivity contribution in [1.82, 2.24) is 0 Å². The molecule has 1 N–H and O–H groups in total. The molecule has 158 valence electrons. The molecule has 1 aliphatic rings. The summed E-state index contributed by atoms with van der Waals surface area (Å²) < 4.78 is 10.5. The lowest BCUT2D eigenvalue weighted by Gasteiger charge is -2.15. The molecule has 1 heterocycles. The predicted octanol–water partition coefficient (Wildman–Crippen LogP) is 3.49. The third kappa shape index (κ3) is 5.33. The van der Waals surface area contributed by atoms with E-state index in [4.69, 9.17) is 9.47 Å². The normalized spacial score (nSPS) is 15.9. The molecule has 8 heteroatoms. The molecule has 7 nitrogen and oxygen atoms in total. The van der Waals surface area contributed by atoms with Gasteiger partial charge in [0.1, 0.15) is 11.5 Å². The van der Waals surface area contributed by atoms with E-state index in [1.165, 1.54) is 16.7 Å². The number of methoxy groups -OCH3 is 1. The van der Waals surface area contributed by atoms with Crippen LogP contribution in [0.5, 0.6) is 11.5 Å². The smallest absolute Gasteiger partial charge is 0.247 e. The minimum absolute atomic E-state index is 0.133. The van der Waals surface area contributed by atoms with Crippen molar-refractivity contribution in [3.63, 3.8) is 0 Å². The van der Waals surface area contributed by atoms with Gasteiger partial charge in [0.15, 0.2) is 0 Å². The van der Waals surface area contributed by atoms with Gasteiger partial charge in [0, 0.05) is 30.3 Å². The lowest BCUT2D eigenvalue weighted by Crippen LogP contribution is -2.31. The van der Waals surface area contributed by atoms with E-state index in [1.54, 1.807) is 55.6 Å². The number of nitrogens with one attached hydrogen (secondary N) is 1. The monoisotopic (exact) mass is 428 g/mol. The van der Waals surface area contributed by atoms with Crippen LogP contribution in [0.4, 0.5) is 11.4 Å². The first-order chi connectivity index (χ1) is 14.5. The zero-order valence-electron chi connectivity index (χ0n) is 16.9. The van der Waals surface area contributed by atoms with Crippen molar-refractivity contribution in [2.24, 2.45) is 0 Å². The second-order valence-corrected chi connectivity index (χ2v) is 7.90. The van der Waals surface area contributed by atoms with Gasteiger partial charge in [-0.25, -0.2) is 4.90 Å². The average Bonchev–Trinajstić information content (AvgIpc) is 3.02. The van der Waals surface area contributed by atoms with Crippen molar-refractivity contribution in [2.45, 2.75) is 25.0 Å². The van der Waals surface area contributed by atoms with E-state index in [0.29, 0.717) is 35.2 Å². The highest BCUT2D eigenvalue weighted by atomic mass is 32.2. The number of carbonyl (C=O) groups excluding carboxylic acids is 3. The van der Waals surface area contributed by atoms with E-state index in [-0.39, 0.29) is 30.6 Å². The van der Waals surface area contributed by atoms with Crippen molar-refractivity contribution in [1.29, 1.82) is 0 Å². The highest BCUT2D eigenvalue weighted by molar-refractivity contribution is 8.00. The SMILES string of the molecule is CCOc1ccc(N2C(=O)C[C@@H](SCCC(=O)Nc3cccc(OC)c3)C2=O)cc1. The fourth-order valence-corrected chi connectivity index (χ4v) is 4.18. The summed E-state index contributed by atoms with van der Waals surface area (Å²) in [6.07, 6.45) is 0.372. The van der Waals surface area contributed by atoms with Crippen molar-refractivity contribution in [3.8, 4) is 11.5 Å². The quantitative estimate of drug-likeness (QED) is 0.616. The molecule has 2 aromatic carbocycles. The van der Waals surface area contributed by atoms with Crippen molar-refractivity contribution >= 4 is 40.9 Å². The zero-order chi connectivity index (χ0) is 21.5. The van der Waals surface area contributed by atoms with Crippen LogP contribution in [0.2, 0.25) is 0 Å². The minimum atomic E-state index is -0.478. The Kier molecular flexibility index (Phi) is 7.35. The van der Waals surface area contributed by atoms with Gasteiger partial charge in [-0.2, -0.15) is 0 Å².